The minimum absolute atomic E-state index is 0.168. The average Bonchev–Trinajstić information content (AvgIpc) is 2.38. The second-order valence-corrected chi connectivity index (χ2v) is 5.50. The number of nitrogens with zero attached hydrogens (tertiary/aromatic N) is 1. The number of benzene rings is 1. The third kappa shape index (κ3) is 3.20. The molecule has 19 heavy (non-hydrogen) atoms. The van der Waals surface area contributed by atoms with Crippen molar-refractivity contribution in [2.45, 2.75) is 19.4 Å². The summed E-state index contributed by atoms with van der Waals surface area (Å²) in [5, 5.41) is 3.88. The highest BCUT2D eigenvalue weighted by Crippen LogP contribution is 2.24. The van der Waals surface area contributed by atoms with E-state index < -0.39 is 0 Å². The zero-order valence-electron chi connectivity index (χ0n) is 11.1. The van der Waals surface area contributed by atoms with Crippen LogP contribution < -0.4 is 16.6 Å². The van der Waals surface area contributed by atoms with Crippen LogP contribution in [-0.4, -0.2) is 28.0 Å². The number of thioether (sulfide) groups is 1. The number of nitrogens with one attached hydrogen (secondary N) is 2. The topological polar surface area (TPSA) is 83.8 Å². The molecule has 6 heteroatoms. The van der Waals surface area contributed by atoms with E-state index in [4.69, 9.17) is 5.73 Å². The molecule has 5 nitrogen and oxygen atoms in total. The SMILES string of the molecule is CSCCC(C)Nc1cc2nc[nH]c(=O)c2cc1N. The summed E-state index contributed by atoms with van der Waals surface area (Å²) in [6.45, 7) is 2.12. The largest absolute Gasteiger partial charge is 0.397 e. The minimum atomic E-state index is -0.168. The van der Waals surface area contributed by atoms with Crippen LogP contribution in [0, 0.1) is 0 Å². The highest BCUT2D eigenvalue weighted by molar-refractivity contribution is 7.98. The van der Waals surface area contributed by atoms with Crippen LogP contribution in [0.3, 0.4) is 0 Å². The molecule has 1 unspecified atom stereocenters. The first kappa shape index (κ1) is 13.7. The van der Waals surface area contributed by atoms with Crippen LogP contribution in [-0.2, 0) is 0 Å². The quantitative estimate of drug-likeness (QED) is 0.729. The maximum absolute atomic E-state index is 11.6. The highest BCUT2D eigenvalue weighted by atomic mass is 32.2. The zero-order valence-corrected chi connectivity index (χ0v) is 11.9. The maximum atomic E-state index is 11.6. The summed E-state index contributed by atoms with van der Waals surface area (Å²) in [7, 11) is 0. The summed E-state index contributed by atoms with van der Waals surface area (Å²) < 4.78 is 0. The smallest absolute Gasteiger partial charge is 0.258 e. The Morgan fingerprint density at radius 3 is 3.05 bits per heavy atom. The van der Waals surface area contributed by atoms with Gasteiger partial charge in [0.1, 0.15) is 0 Å². The fraction of sp³-hybridized carbons (Fsp3) is 0.385. The van der Waals surface area contributed by atoms with Gasteiger partial charge in [-0.2, -0.15) is 11.8 Å². The van der Waals surface area contributed by atoms with E-state index in [0.717, 1.165) is 17.9 Å². The van der Waals surface area contributed by atoms with Crippen molar-refractivity contribution in [3.8, 4) is 0 Å². The van der Waals surface area contributed by atoms with E-state index in [-0.39, 0.29) is 5.56 Å². The van der Waals surface area contributed by atoms with Gasteiger partial charge in [-0.3, -0.25) is 4.79 Å². The van der Waals surface area contributed by atoms with Crippen LogP contribution in [0.1, 0.15) is 13.3 Å². The highest BCUT2D eigenvalue weighted by Gasteiger charge is 2.08. The summed E-state index contributed by atoms with van der Waals surface area (Å²) in [6, 6.07) is 3.83. The van der Waals surface area contributed by atoms with Crippen LogP contribution in [0.25, 0.3) is 10.9 Å². The van der Waals surface area contributed by atoms with Crippen LogP contribution in [0.4, 0.5) is 11.4 Å². The molecule has 0 aliphatic heterocycles. The molecule has 0 saturated carbocycles. The lowest BCUT2D eigenvalue weighted by Gasteiger charge is -2.16. The predicted octanol–water partition coefficient (Wildman–Crippen LogP) is 2.06. The zero-order chi connectivity index (χ0) is 13.8. The first-order valence-corrected chi connectivity index (χ1v) is 7.53. The number of aromatic nitrogens is 2. The first-order valence-electron chi connectivity index (χ1n) is 6.14. The van der Waals surface area contributed by atoms with Gasteiger partial charge in [-0.15, -0.1) is 0 Å². The Labute approximate surface area is 116 Å². The van der Waals surface area contributed by atoms with Crippen molar-refractivity contribution in [2.24, 2.45) is 0 Å². The van der Waals surface area contributed by atoms with Crippen LogP contribution in [0.2, 0.25) is 0 Å². The van der Waals surface area contributed by atoms with Crippen LogP contribution in [0.5, 0.6) is 0 Å². The van der Waals surface area contributed by atoms with Gasteiger partial charge in [-0.25, -0.2) is 4.98 Å². The van der Waals surface area contributed by atoms with E-state index >= 15 is 0 Å². The van der Waals surface area contributed by atoms with Gasteiger partial charge in [-0.1, -0.05) is 0 Å². The van der Waals surface area contributed by atoms with E-state index in [2.05, 4.69) is 28.5 Å². The van der Waals surface area contributed by atoms with Gasteiger partial charge in [0, 0.05) is 6.04 Å². The predicted molar refractivity (Wildman–Crippen MR) is 82.9 cm³/mol. The van der Waals surface area contributed by atoms with Gasteiger partial charge in [0.05, 0.1) is 28.6 Å². The van der Waals surface area contributed by atoms with E-state index in [1.54, 1.807) is 6.07 Å². The number of anilines is 2. The summed E-state index contributed by atoms with van der Waals surface area (Å²) in [4.78, 5) is 18.3. The van der Waals surface area contributed by atoms with Gasteiger partial charge in [0.2, 0.25) is 0 Å². The second-order valence-electron chi connectivity index (χ2n) is 4.52. The molecule has 0 saturated heterocycles. The molecule has 102 valence electrons. The molecule has 1 aromatic heterocycles. The maximum Gasteiger partial charge on any atom is 0.258 e. The molecule has 0 aliphatic rings. The van der Waals surface area contributed by atoms with Gasteiger partial charge < -0.3 is 16.0 Å². The molecule has 1 aromatic carbocycles. The molecule has 0 radical (unpaired) electrons. The number of H-pyrrole nitrogens is 1. The lowest BCUT2D eigenvalue weighted by Crippen LogP contribution is -2.17. The average molecular weight is 278 g/mol. The van der Waals surface area contributed by atoms with Crippen molar-refractivity contribution in [1.29, 1.82) is 0 Å². The van der Waals surface area contributed by atoms with Gasteiger partial charge in [0.15, 0.2) is 0 Å². The Kier molecular flexibility index (Phi) is 4.31. The molecule has 0 aliphatic carbocycles. The molecule has 0 spiro atoms. The molecule has 2 aromatic rings. The minimum Gasteiger partial charge on any atom is -0.397 e. The van der Waals surface area contributed by atoms with Gasteiger partial charge in [-0.05, 0) is 37.5 Å². The van der Waals surface area contributed by atoms with Crippen molar-refractivity contribution < 1.29 is 0 Å². The molecule has 0 amide bonds. The van der Waals surface area contributed by atoms with Crippen molar-refractivity contribution in [3.63, 3.8) is 0 Å². The molecule has 1 heterocycles. The first-order chi connectivity index (χ1) is 9.11. The van der Waals surface area contributed by atoms with E-state index in [1.807, 2.05) is 17.8 Å². The number of hydrogen-bond acceptors (Lipinski definition) is 5. The monoisotopic (exact) mass is 278 g/mol. The summed E-state index contributed by atoms with van der Waals surface area (Å²) >= 11 is 1.82. The fourth-order valence-electron chi connectivity index (χ4n) is 1.89. The molecule has 1 atom stereocenters. The Balaban J connectivity index is 2.29. The summed E-state index contributed by atoms with van der Waals surface area (Å²) in [5.74, 6) is 1.10. The third-order valence-corrected chi connectivity index (χ3v) is 3.61. The molecular formula is C13H18N4OS. The van der Waals surface area contributed by atoms with Crippen LogP contribution >= 0.6 is 11.8 Å². The van der Waals surface area contributed by atoms with E-state index in [1.165, 1.54) is 6.33 Å². The standard InChI is InChI=1S/C13H18N4OS/c1-8(3-4-19-2)17-12-6-11-9(5-10(12)14)13(18)16-7-15-11/h5-8,17H,3-4,14H2,1-2H3,(H,15,16,18). The number of fused-ring (bicyclic) bond motifs is 1. The molecular weight excluding hydrogens is 260 g/mol. The third-order valence-electron chi connectivity index (χ3n) is 2.97. The van der Waals surface area contributed by atoms with Gasteiger partial charge in [0.25, 0.3) is 5.56 Å². The second kappa shape index (κ2) is 5.97. The van der Waals surface area contributed by atoms with E-state index in [0.29, 0.717) is 22.6 Å². The molecule has 2 rings (SSSR count). The number of rotatable bonds is 5. The van der Waals surface area contributed by atoms with Crippen molar-refractivity contribution in [3.05, 3.63) is 28.8 Å². The van der Waals surface area contributed by atoms with Crippen LogP contribution in [0.15, 0.2) is 23.3 Å². The number of nitrogens with two attached hydrogens (primary N) is 1. The number of hydrogen-bond donors (Lipinski definition) is 3. The molecule has 0 fully saturated rings. The Morgan fingerprint density at radius 1 is 1.53 bits per heavy atom. The fourth-order valence-corrected chi connectivity index (χ4v) is 2.48. The summed E-state index contributed by atoms with van der Waals surface area (Å²) in [6.07, 6.45) is 4.55. The lowest BCUT2D eigenvalue weighted by atomic mass is 10.1. The summed E-state index contributed by atoms with van der Waals surface area (Å²) in [5.41, 5.74) is 7.87. The normalized spacial score (nSPS) is 12.5. The van der Waals surface area contributed by atoms with Crippen molar-refractivity contribution >= 4 is 34.0 Å². The molecule has 4 N–H and O–H groups in total. The Morgan fingerprint density at radius 2 is 2.32 bits per heavy atom. The van der Waals surface area contributed by atoms with Crippen molar-refractivity contribution in [1.82, 2.24) is 9.97 Å². The Bertz CT molecular complexity index is 626. The number of aromatic amines is 1. The number of nitrogen functional groups attached to an aromatic ring is 1. The van der Waals surface area contributed by atoms with E-state index in [9.17, 15) is 4.79 Å². The molecule has 0 bridgehead atoms. The van der Waals surface area contributed by atoms with Gasteiger partial charge >= 0.3 is 0 Å². The lowest BCUT2D eigenvalue weighted by molar-refractivity contribution is 0.773. The Hall–Kier alpha value is -1.69. The van der Waals surface area contributed by atoms with Crippen molar-refractivity contribution in [2.75, 3.05) is 23.1 Å².